The Bertz CT molecular complexity index is 741. The van der Waals surface area contributed by atoms with Crippen molar-refractivity contribution in [3.63, 3.8) is 0 Å². The number of halogens is 3. The van der Waals surface area contributed by atoms with Crippen LogP contribution in [-0.4, -0.2) is 43.4 Å². The minimum Gasteiger partial charge on any atom is -0.478 e. The molecule has 1 heterocycles. The SMILES string of the molecule is Cc1nnnn1-c1cc(NC(=O)C(F)(F)F)ccc1C(=O)O. The highest BCUT2D eigenvalue weighted by Gasteiger charge is 2.38. The first kappa shape index (κ1) is 15.4. The second-order valence-electron chi connectivity index (χ2n) is 4.13. The maximum Gasteiger partial charge on any atom is 0.471 e. The molecule has 0 saturated carbocycles. The van der Waals surface area contributed by atoms with Crippen LogP contribution in [0.5, 0.6) is 0 Å². The normalized spacial score (nSPS) is 11.3. The zero-order chi connectivity index (χ0) is 16.5. The number of aryl methyl sites for hydroxylation is 1. The lowest BCUT2D eigenvalue weighted by atomic mass is 10.1. The topological polar surface area (TPSA) is 110 Å². The average molecular weight is 315 g/mol. The third-order valence-corrected chi connectivity index (χ3v) is 2.60. The number of nitrogens with one attached hydrogen (secondary N) is 1. The minimum atomic E-state index is -5.06. The number of aromatic carboxylic acids is 1. The number of nitrogens with zero attached hydrogens (tertiary/aromatic N) is 4. The molecule has 0 unspecified atom stereocenters. The third-order valence-electron chi connectivity index (χ3n) is 2.60. The first-order valence-electron chi connectivity index (χ1n) is 5.71. The number of tetrazole rings is 1. The smallest absolute Gasteiger partial charge is 0.471 e. The molecule has 0 aliphatic heterocycles. The molecule has 8 nitrogen and oxygen atoms in total. The van der Waals surface area contributed by atoms with Gasteiger partial charge in [0.1, 0.15) is 0 Å². The van der Waals surface area contributed by atoms with Gasteiger partial charge in [-0.2, -0.15) is 17.9 Å². The Labute approximate surface area is 120 Å². The van der Waals surface area contributed by atoms with Crippen molar-refractivity contribution in [1.29, 1.82) is 0 Å². The molecule has 1 amide bonds. The molecular weight excluding hydrogens is 307 g/mol. The Balaban J connectivity index is 2.47. The second-order valence-corrected chi connectivity index (χ2v) is 4.13. The van der Waals surface area contributed by atoms with Gasteiger partial charge in [0.2, 0.25) is 0 Å². The number of carbonyl (C=O) groups excluding carboxylic acids is 1. The van der Waals surface area contributed by atoms with Crippen LogP contribution in [0.25, 0.3) is 5.69 Å². The number of rotatable bonds is 3. The molecule has 2 rings (SSSR count). The van der Waals surface area contributed by atoms with E-state index in [2.05, 4.69) is 15.5 Å². The Morgan fingerprint density at radius 1 is 1.32 bits per heavy atom. The lowest BCUT2D eigenvalue weighted by Gasteiger charge is -2.11. The summed E-state index contributed by atoms with van der Waals surface area (Å²) in [5.41, 5.74) is -0.549. The van der Waals surface area contributed by atoms with Crippen molar-refractivity contribution in [1.82, 2.24) is 20.2 Å². The molecule has 1 aromatic carbocycles. The van der Waals surface area contributed by atoms with Crippen LogP contribution in [0.2, 0.25) is 0 Å². The van der Waals surface area contributed by atoms with Gasteiger partial charge in [0.15, 0.2) is 5.82 Å². The van der Waals surface area contributed by atoms with E-state index in [1.165, 1.54) is 6.92 Å². The first-order valence-corrected chi connectivity index (χ1v) is 5.71. The Morgan fingerprint density at radius 3 is 2.50 bits per heavy atom. The Morgan fingerprint density at radius 2 is 2.00 bits per heavy atom. The van der Waals surface area contributed by atoms with Crippen LogP contribution < -0.4 is 5.32 Å². The molecule has 0 aliphatic carbocycles. The van der Waals surface area contributed by atoms with Gasteiger partial charge < -0.3 is 10.4 Å². The molecule has 0 atom stereocenters. The maximum absolute atomic E-state index is 12.2. The van der Waals surface area contributed by atoms with E-state index in [0.717, 1.165) is 22.9 Å². The van der Waals surface area contributed by atoms with E-state index in [-0.39, 0.29) is 22.8 Å². The monoisotopic (exact) mass is 315 g/mol. The van der Waals surface area contributed by atoms with Gasteiger partial charge in [0, 0.05) is 5.69 Å². The summed E-state index contributed by atoms with van der Waals surface area (Å²) in [6, 6.07) is 3.12. The fraction of sp³-hybridized carbons (Fsp3) is 0.182. The molecule has 2 aromatic rings. The number of carboxylic acids is 1. The molecule has 0 bridgehead atoms. The van der Waals surface area contributed by atoms with Gasteiger partial charge in [-0.05, 0) is 35.5 Å². The predicted octanol–water partition coefficient (Wildman–Crippen LogP) is 1.17. The number of alkyl halides is 3. The van der Waals surface area contributed by atoms with E-state index in [9.17, 15) is 22.8 Å². The first-order chi connectivity index (χ1) is 10.2. The molecule has 0 radical (unpaired) electrons. The van der Waals surface area contributed by atoms with Crippen LogP contribution >= 0.6 is 0 Å². The Kier molecular flexibility index (Phi) is 3.80. The summed E-state index contributed by atoms with van der Waals surface area (Å²) in [6.45, 7) is 1.48. The van der Waals surface area contributed by atoms with Crippen molar-refractivity contribution in [2.24, 2.45) is 0 Å². The molecular formula is C11H8F3N5O3. The van der Waals surface area contributed by atoms with Crippen LogP contribution in [0.3, 0.4) is 0 Å². The van der Waals surface area contributed by atoms with Crippen molar-refractivity contribution in [2.45, 2.75) is 13.1 Å². The van der Waals surface area contributed by atoms with Gasteiger partial charge in [-0.1, -0.05) is 0 Å². The fourth-order valence-electron chi connectivity index (χ4n) is 1.62. The highest BCUT2D eigenvalue weighted by atomic mass is 19.4. The lowest BCUT2D eigenvalue weighted by molar-refractivity contribution is -0.167. The number of aromatic nitrogens is 4. The van der Waals surface area contributed by atoms with Crippen molar-refractivity contribution in [3.8, 4) is 5.69 Å². The van der Waals surface area contributed by atoms with Crippen molar-refractivity contribution in [3.05, 3.63) is 29.6 Å². The molecule has 116 valence electrons. The summed E-state index contributed by atoms with van der Waals surface area (Å²) < 4.78 is 37.7. The van der Waals surface area contributed by atoms with Crippen LogP contribution in [0.4, 0.5) is 18.9 Å². The molecule has 0 aliphatic rings. The number of hydrogen-bond acceptors (Lipinski definition) is 5. The average Bonchev–Trinajstić information content (AvgIpc) is 2.83. The van der Waals surface area contributed by atoms with E-state index in [1.807, 2.05) is 0 Å². The van der Waals surface area contributed by atoms with E-state index in [4.69, 9.17) is 5.11 Å². The summed E-state index contributed by atoms with van der Waals surface area (Å²) in [5, 5.41) is 21.2. The van der Waals surface area contributed by atoms with E-state index in [1.54, 1.807) is 5.32 Å². The fourth-order valence-corrected chi connectivity index (χ4v) is 1.62. The van der Waals surface area contributed by atoms with Gasteiger partial charge in [0.05, 0.1) is 11.3 Å². The summed E-state index contributed by atoms with van der Waals surface area (Å²) in [7, 11) is 0. The highest BCUT2D eigenvalue weighted by Crippen LogP contribution is 2.23. The molecule has 1 aromatic heterocycles. The number of carboxylic acid groups (broad SMARTS) is 1. The second kappa shape index (κ2) is 5.42. The number of benzene rings is 1. The summed E-state index contributed by atoms with van der Waals surface area (Å²) in [4.78, 5) is 22.1. The summed E-state index contributed by atoms with van der Waals surface area (Å²) in [6.07, 6.45) is -5.06. The number of carbonyl (C=O) groups is 2. The molecule has 0 spiro atoms. The zero-order valence-electron chi connectivity index (χ0n) is 10.9. The van der Waals surface area contributed by atoms with Gasteiger partial charge in [-0.15, -0.1) is 5.10 Å². The number of hydrogen-bond donors (Lipinski definition) is 2. The van der Waals surface area contributed by atoms with Crippen molar-refractivity contribution in [2.75, 3.05) is 5.32 Å². The summed E-state index contributed by atoms with van der Waals surface area (Å²) >= 11 is 0. The number of anilines is 1. The van der Waals surface area contributed by atoms with Crippen LogP contribution in [0.15, 0.2) is 18.2 Å². The summed E-state index contributed by atoms with van der Waals surface area (Å²) in [5.74, 6) is -3.27. The van der Waals surface area contributed by atoms with Gasteiger partial charge in [-0.25, -0.2) is 4.79 Å². The molecule has 2 N–H and O–H groups in total. The quantitative estimate of drug-likeness (QED) is 0.880. The van der Waals surface area contributed by atoms with Crippen LogP contribution in [0, 0.1) is 6.92 Å². The minimum absolute atomic E-state index is 0.0741. The maximum atomic E-state index is 12.2. The number of amides is 1. The lowest BCUT2D eigenvalue weighted by Crippen LogP contribution is -2.30. The Hall–Kier alpha value is -2.98. The molecule has 0 fully saturated rings. The van der Waals surface area contributed by atoms with Crippen molar-refractivity contribution < 1.29 is 27.9 Å². The van der Waals surface area contributed by atoms with Crippen LogP contribution in [-0.2, 0) is 4.79 Å². The zero-order valence-corrected chi connectivity index (χ0v) is 10.9. The molecule has 0 saturated heterocycles. The highest BCUT2D eigenvalue weighted by molar-refractivity contribution is 5.97. The van der Waals surface area contributed by atoms with E-state index < -0.39 is 18.1 Å². The third kappa shape index (κ3) is 3.02. The predicted molar refractivity (Wildman–Crippen MR) is 65.5 cm³/mol. The molecule has 22 heavy (non-hydrogen) atoms. The molecule has 11 heteroatoms. The standard InChI is InChI=1S/C11H8F3N5O3/c1-5-16-17-18-19(5)8-4-6(2-3-7(8)9(20)21)15-10(22)11(12,13)14/h2-4H,1H3,(H,15,22)(H,20,21). The van der Waals surface area contributed by atoms with Gasteiger partial charge in [0.25, 0.3) is 0 Å². The van der Waals surface area contributed by atoms with Gasteiger partial charge >= 0.3 is 18.1 Å². The van der Waals surface area contributed by atoms with E-state index in [0.29, 0.717) is 0 Å². The van der Waals surface area contributed by atoms with Gasteiger partial charge in [-0.3, -0.25) is 4.79 Å². The van der Waals surface area contributed by atoms with Crippen molar-refractivity contribution >= 4 is 17.6 Å². The van der Waals surface area contributed by atoms with Crippen LogP contribution in [0.1, 0.15) is 16.2 Å². The largest absolute Gasteiger partial charge is 0.478 e. The van der Waals surface area contributed by atoms with E-state index >= 15 is 0 Å².